The summed E-state index contributed by atoms with van der Waals surface area (Å²) < 4.78 is 96.0. The van der Waals surface area contributed by atoms with E-state index in [1.54, 1.807) is 0 Å². The maximum absolute atomic E-state index is 14.0. The summed E-state index contributed by atoms with van der Waals surface area (Å²) in [5.41, 5.74) is -1.50. The maximum Gasteiger partial charge on any atom is 0.490 e. The van der Waals surface area contributed by atoms with E-state index in [1.807, 2.05) is 0 Å². The van der Waals surface area contributed by atoms with Crippen LogP contribution in [0.25, 0.3) is 0 Å². The van der Waals surface area contributed by atoms with Gasteiger partial charge in [0.25, 0.3) is 0 Å². The molecular formula is C14H7F7O2. The van der Waals surface area contributed by atoms with Crippen molar-refractivity contribution in [3.05, 3.63) is 46.5 Å². The highest BCUT2D eigenvalue weighted by Gasteiger charge is 2.48. The zero-order chi connectivity index (χ0) is 17.1. The molecule has 0 spiro atoms. The first-order valence-corrected chi connectivity index (χ1v) is 6.44. The number of allylic oxidation sites excluding steroid dienone is 1. The van der Waals surface area contributed by atoms with E-state index in [1.165, 1.54) is 12.2 Å². The molecule has 1 aromatic carbocycles. The van der Waals surface area contributed by atoms with Gasteiger partial charge in [0.1, 0.15) is 6.10 Å². The second-order valence-electron chi connectivity index (χ2n) is 5.30. The summed E-state index contributed by atoms with van der Waals surface area (Å²) in [5.74, 6) is -12.1. The molecule has 2 aliphatic carbocycles. The Morgan fingerprint density at radius 2 is 1.52 bits per heavy atom. The molecule has 0 saturated carbocycles. The van der Waals surface area contributed by atoms with Crippen molar-refractivity contribution in [1.29, 1.82) is 0 Å². The molecule has 0 saturated heterocycles. The van der Waals surface area contributed by atoms with Crippen LogP contribution in [0.2, 0.25) is 0 Å². The summed E-state index contributed by atoms with van der Waals surface area (Å²) >= 11 is 0. The van der Waals surface area contributed by atoms with E-state index in [4.69, 9.17) is 0 Å². The molecule has 0 unspecified atom stereocenters. The molecule has 3 atom stereocenters. The molecular weight excluding hydrogens is 333 g/mol. The van der Waals surface area contributed by atoms with Gasteiger partial charge < -0.3 is 4.74 Å². The minimum Gasteiger partial charge on any atom is -0.450 e. The zero-order valence-corrected chi connectivity index (χ0v) is 11.1. The Morgan fingerprint density at radius 3 is 2.09 bits per heavy atom. The van der Waals surface area contributed by atoms with Crippen LogP contribution >= 0.6 is 0 Å². The molecule has 0 amide bonds. The summed E-state index contributed by atoms with van der Waals surface area (Å²) in [6, 6.07) is 0. The fourth-order valence-corrected chi connectivity index (χ4v) is 3.01. The summed E-state index contributed by atoms with van der Waals surface area (Å²) in [5, 5.41) is 0. The monoisotopic (exact) mass is 340 g/mol. The Labute approximate surface area is 124 Å². The average molecular weight is 340 g/mol. The van der Waals surface area contributed by atoms with E-state index in [2.05, 4.69) is 4.74 Å². The number of alkyl halides is 3. The van der Waals surface area contributed by atoms with Crippen molar-refractivity contribution in [2.75, 3.05) is 0 Å². The lowest BCUT2D eigenvalue weighted by molar-refractivity contribution is -0.207. The Balaban J connectivity index is 2.15. The SMILES string of the molecule is O=C(O[C@@H]1c2c(F)c(F)c(F)c(F)c2[C@@H]2C=C[C@H]1C2)C(F)(F)F. The van der Waals surface area contributed by atoms with Crippen molar-refractivity contribution in [1.82, 2.24) is 0 Å². The van der Waals surface area contributed by atoms with Gasteiger partial charge in [0.15, 0.2) is 23.3 Å². The van der Waals surface area contributed by atoms with Crippen molar-refractivity contribution < 1.29 is 40.3 Å². The number of hydrogen-bond donors (Lipinski definition) is 0. The van der Waals surface area contributed by atoms with Gasteiger partial charge in [-0.1, -0.05) is 12.2 Å². The molecule has 9 heteroatoms. The molecule has 0 fully saturated rings. The van der Waals surface area contributed by atoms with Crippen LogP contribution in [-0.4, -0.2) is 12.1 Å². The summed E-state index contributed by atoms with van der Waals surface area (Å²) in [4.78, 5) is 11.0. The first-order valence-electron chi connectivity index (χ1n) is 6.44. The topological polar surface area (TPSA) is 26.3 Å². The largest absolute Gasteiger partial charge is 0.490 e. The van der Waals surface area contributed by atoms with Gasteiger partial charge in [-0.3, -0.25) is 0 Å². The van der Waals surface area contributed by atoms with Crippen LogP contribution in [0.5, 0.6) is 0 Å². The van der Waals surface area contributed by atoms with Crippen LogP contribution in [0.4, 0.5) is 30.7 Å². The highest BCUT2D eigenvalue weighted by Crippen LogP contribution is 2.51. The van der Waals surface area contributed by atoms with E-state index in [0.717, 1.165) is 0 Å². The van der Waals surface area contributed by atoms with Gasteiger partial charge in [-0.25, -0.2) is 22.4 Å². The molecule has 124 valence electrons. The lowest BCUT2D eigenvalue weighted by Crippen LogP contribution is -2.32. The minimum absolute atomic E-state index is 0.00420. The number of ether oxygens (including phenoxy) is 1. The van der Waals surface area contributed by atoms with Gasteiger partial charge in [-0.05, 0) is 6.42 Å². The van der Waals surface area contributed by atoms with E-state index < -0.39 is 64.5 Å². The third-order valence-electron chi connectivity index (χ3n) is 3.97. The Hall–Kier alpha value is -2.06. The van der Waals surface area contributed by atoms with E-state index in [9.17, 15) is 35.5 Å². The molecule has 0 radical (unpaired) electrons. The van der Waals surface area contributed by atoms with Crippen LogP contribution in [-0.2, 0) is 9.53 Å². The molecule has 0 aliphatic heterocycles. The molecule has 0 N–H and O–H groups in total. The molecule has 23 heavy (non-hydrogen) atoms. The predicted molar refractivity (Wildman–Crippen MR) is 61.2 cm³/mol. The average Bonchev–Trinajstić information content (AvgIpc) is 2.89. The second kappa shape index (κ2) is 4.97. The number of halogens is 7. The van der Waals surface area contributed by atoms with Crippen LogP contribution in [0.1, 0.15) is 29.6 Å². The van der Waals surface area contributed by atoms with Crippen LogP contribution in [0, 0.1) is 29.2 Å². The van der Waals surface area contributed by atoms with Crippen molar-refractivity contribution in [3.8, 4) is 0 Å². The van der Waals surface area contributed by atoms with Crippen molar-refractivity contribution in [3.63, 3.8) is 0 Å². The van der Waals surface area contributed by atoms with Crippen LogP contribution in [0.15, 0.2) is 12.2 Å². The van der Waals surface area contributed by atoms with Crippen molar-refractivity contribution >= 4 is 5.97 Å². The van der Waals surface area contributed by atoms with Gasteiger partial charge in [-0.15, -0.1) is 0 Å². The highest BCUT2D eigenvalue weighted by molar-refractivity contribution is 5.76. The van der Waals surface area contributed by atoms with E-state index in [0.29, 0.717) is 0 Å². The summed E-state index contributed by atoms with van der Waals surface area (Å²) in [6.07, 6.45) is -4.57. The van der Waals surface area contributed by atoms with Crippen molar-refractivity contribution in [2.24, 2.45) is 5.92 Å². The highest BCUT2D eigenvalue weighted by atomic mass is 19.4. The number of carbonyl (C=O) groups is 1. The van der Waals surface area contributed by atoms with Gasteiger partial charge in [0, 0.05) is 23.0 Å². The summed E-state index contributed by atoms with van der Waals surface area (Å²) in [7, 11) is 0. The fourth-order valence-electron chi connectivity index (χ4n) is 3.01. The Kier molecular flexibility index (Phi) is 3.42. The number of benzene rings is 1. The predicted octanol–water partition coefficient (Wildman–Crippen LogP) is 4.06. The van der Waals surface area contributed by atoms with E-state index >= 15 is 0 Å². The number of fused-ring (bicyclic) bond motifs is 4. The normalized spacial score (nSPS) is 25.4. The fraction of sp³-hybridized carbons (Fsp3) is 0.357. The number of carbonyl (C=O) groups excluding carboxylic acids is 1. The molecule has 2 aliphatic rings. The molecule has 0 heterocycles. The molecule has 0 aromatic heterocycles. The lowest BCUT2D eigenvalue weighted by Gasteiger charge is -2.32. The number of hydrogen-bond acceptors (Lipinski definition) is 2. The van der Waals surface area contributed by atoms with E-state index in [-0.39, 0.29) is 6.42 Å². The maximum atomic E-state index is 14.0. The van der Waals surface area contributed by atoms with Crippen LogP contribution < -0.4 is 0 Å². The van der Waals surface area contributed by atoms with Gasteiger partial charge in [0.05, 0.1) is 0 Å². The van der Waals surface area contributed by atoms with Gasteiger partial charge in [-0.2, -0.15) is 13.2 Å². The third kappa shape index (κ3) is 2.29. The summed E-state index contributed by atoms with van der Waals surface area (Å²) in [6.45, 7) is 0. The molecule has 2 bridgehead atoms. The number of esters is 1. The van der Waals surface area contributed by atoms with Crippen LogP contribution in [0.3, 0.4) is 0 Å². The second-order valence-corrected chi connectivity index (χ2v) is 5.30. The van der Waals surface area contributed by atoms with Gasteiger partial charge >= 0.3 is 12.1 Å². The zero-order valence-electron chi connectivity index (χ0n) is 11.1. The minimum atomic E-state index is -5.35. The quantitative estimate of drug-likeness (QED) is 0.253. The molecule has 2 nitrogen and oxygen atoms in total. The third-order valence-corrected chi connectivity index (χ3v) is 3.97. The molecule has 3 rings (SSSR count). The van der Waals surface area contributed by atoms with Crippen molar-refractivity contribution in [2.45, 2.75) is 24.6 Å². The Morgan fingerprint density at radius 1 is 0.957 bits per heavy atom. The number of rotatable bonds is 1. The lowest BCUT2D eigenvalue weighted by atomic mass is 9.79. The Bertz CT molecular complexity index is 723. The molecule has 1 aromatic rings. The standard InChI is InChI=1S/C14H7F7O2/c15-8-6-4-1-2-5(3-4)12(23-13(22)14(19,20)21)7(6)9(16)11(18)10(8)17/h1-2,4-5,12H,3H2/t4-,5+,12+/m1/s1. The first kappa shape index (κ1) is 15.8. The first-order chi connectivity index (χ1) is 10.6. The van der Waals surface area contributed by atoms with Gasteiger partial charge in [0.2, 0.25) is 0 Å². The smallest absolute Gasteiger partial charge is 0.450 e.